The number of fused-ring (bicyclic) bond motifs is 1. The van der Waals surface area contributed by atoms with Gasteiger partial charge in [0.2, 0.25) is 6.29 Å². The fraction of sp³-hybridized carbons (Fsp3) is 0.833. The predicted octanol–water partition coefficient (Wildman–Crippen LogP) is -2.50. The average Bonchev–Trinajstić information content (AvgIpc) is 2.84. The van der Waals surface area contributed by atoms with E-state index in [4.69, 9.17) is 18.9 Å². The molecule has 2 heterocycles. The summed E-state index contributed by atoms with van der Waals surface area (Å²) in [5.41, 5.74) is -2.94. The summed E-state index contributed by atoms with van der Waals surface area (Å²) in [5.74, 6) is -1.74. The van der Waals surface area contributed by atoms with Crippen LogP contribution in [0, 0.1) is 5.92 Å². The van der Waals surface area contributed by atoms with Crippen molar-refractivity contribution in [1.29, 1.82) is 0 Å². The van der Waals surface area contributed by atoms with Crippen LogP contribution in [0.2, 0.25) is 0 Å². The first-order valence-electron chi connectivity index (χ1n) is 9.34. The van der Waals surface area contributed by atoms with Gasteiger partial charge in [-0.25, -0.2) is 0 Å². The lowest BCUT2D eigenvalue weighted by atomic mass is 9.77. The third kappa shape index (κ3) is 3.55. The fourth-order valence-corrected chi connectivity index (χ4v) is 4.54. The second-order valence-electron chi connectivity index (χ2n) is 8.07. The number of esters is 1. The smallest absolute Gasteiger partial charge is 0.303 e. The molecule has 166 valence electrons. The molecular weight excluding hydrogens is 392 g/mol. The van der Waals surface area contributed by atoms with Gasteiger partial charge in [0.25, 0.3) is 0 Å². The normalized spacial score (nSPS) is 49.8. The molecule has 11 heteroatoms. The average molecular weight is 420 g/mol. The van der Waals surface area contributed by atoms with E-state index in [1.807, 2.05) is 0 Å². The van der Waals surface area contributed by atoms with Crippen molar-refractivity contribution in [2.45, 2.75) is 81.5 Å². The van der Waals surface area contributed by atoms with E-state index in [0.717, 1.165) is 0 Å². The highest BCUT2D eigenvalue weighted by atomic mass is 16.8. The van der Waals surface area contributed by atoms with Crippen LogP contribution in [0.3, 0.4) is 0 Å². The third-order valence-electron chi connectivity index (χ3n) is 6.02. The Morgan fingerprint density at radius 3 is 2.45 bits per heavy atom. The number of ether oxygens (including phenoxy) is 4. The highest BCUT2D eigenvalue weighted by Crippen LogP contribution is 2.53. The Kier molecular flexibility index (Phi) is 5.98. The Morgan fingerprint density at radius 2 is 1.86 bits per heavy atom. The van der Waals surface area contributed by atoms with Gasteiger partial charge >= 0.3 is 5.97 Å². The first-order valence-corrected chi connectivity index (χ1v) is 9.34. The van der Waals surface area contributed by atoms with Crippen LogP contribution in [0.15, 0.2) is 11.8 Å². The number of hydrogen-bond acceptors (Lipinski definition) is 11. The molecule has 1 aliphatic carbocycles. The molecule has 0 aromatic carbocycles. The number of hydrogen-bond donors (Lipinski definition) is 6. The Labute approximate surface area is 167 Å². The van der Waals surface area contributed by atoms with Gasteiger partial charge in [-0.15, -0.1) is 0 Å². The van der Waals surface area contributed by atoms with Crippen LogP contribution in [-0.2, 0) is 23.7 Å². The zero-order valence-electron chi connectivity index (χ0n) is 16.3. The molecule has 1 saturated carbocycles. The first kappa shape index (κ1) is 22.4. The summed E-state index contributed by atoms with van der Waals surface area (Å²) in [5, 5.41) is 61.2. The first-order chi connectivity index (χ1) is 13.5. The molecule has 2 aliphatic heterocycles. The van der Waals surface area contributed by atoms with Crippen molar-refractivity contribution in [3.63, 3.8) is 0 Å². The van der Waals surface area contributed by atoms with E-state index in [1.165, 1.54) is 20.1 Å². The summed E-state index contributed by atoms with van der Waals surface area (Å²) < 4.78 is 21.9. The Morgan fingerprint density at radius 1 is 1.21 bits per heavy atom. The van der Waals surface area contributed by atoms with E-state index in [-0.39, 0.29) is 6.42 Å². The van der Waals surface area contributed by atoms with Crippen LogP contribution in [-0.4, -0.2) is 97.5 Å². The SMILES string of the molecule is CC(=O)O[C@]1(C)C[C@H](O)[C@]2(O)C(C)=CO[C@H](O[C@@H]3O[C@H](CO)[C@@H](O)[C@H](O)[C@H]3O)[C@@H]21. The van der Waals surface area contributed by atoms with Gasteiger partial charge in [-0.1, -0.05) is 0 Å². The van der Waals surface area contributed by atoms with Crippen molar-refractivity contribution < 1.29 is 54.4 Å². The van der Waals surface area contributed by atoms with Gasteiger partial charge in [0.1, 0.15) is 35.6 Å². The van der Waals surface area contributed by atoms with E-state index in [9.17, 15) is 35.4 Å². The highest BCUT2D eigenvalue weighted by Gasteiger charge is 2.68. The van der Waals surface area contributed by atoms with Crippen LogP contribution in [0.25, 0.3) is 0 Å². The number of carbonyl (C=O) groups is 1. The van der Waals surface area contributed by atoms with Crippen LogP contribution < -0.4 is 0 Å². The van der Waals surface area contributed by atoms with Gasteiger partial charge in [-0.3, -0.25) is 4.79 Å². The second kappa shape index (κ2) is 7.75. The molecule has 0 unspecified atom stereocenters. The van der Waals surface area contributed by atoms with Crippen LogP contribution in [0.1, 0.15) is 27.2 Å². The number of rotatable bonds is 4. The molecule has 2 fully saturated rings. The zero-order chi connectivity index (χ0) is 21.7. The minimum Gasteiger partial charge on any atom is -0.472 e. The van der Waals surface area contributed by atoms with Crippen LogP contribution in [0.4, 0.5) is 0 Å². The summed E-state index contributed by atoms with van der Waals surface area (Å²) in [7, 11) is 0. The summed E-state index contributed by atoms with van der Waals surface area (Å²) in [4.78, 5) is 11.6. The Bertz CT molecular complexity index is 666. The van der Waals surface area contributed by atoms with Crippen molar-refractivity contribution in [3.05, 3.63) is 11.8 Å². The second-order valence-corrected chi connectivity index (χ2v) is 8.07. The van der Waals surface area contributed by atoms with E-state index in [2.05, 4.69) is 0 Å². The lowest BCUT2D eigenvalue weighted by Crippen LogP contribution is -2.62. The molecule has 3 rings (SSSR count). The molecule has 0 spiro atoms. The van der Waals surface area contributed by atoms with Crippen molar-refractivity contribution >= 4 is 5.97 Å². The van der Waals surface area contributed by atoms with Crippen molar-refractivity contribution in [3.8, 4) is 0 Å². The summed E-state index contributed by atoms with van der Waals surface area (Å²) in [6.45, 7) is 3.60. The Balaban J connectivity index is 1.91. The lowest BCUT2D eigenvalue weighted by molar-refractivity contribution is -0.352. The molecule has 0 radical (unpaired) electrons. The van der Waals surface area contributed by atoms with Gasteiger partial charge in [-0.05, 0) is 19.4 Å². The molecular formula is C18H28O11. The minimum atomic E-state index is -1.85. The molecule has 0 aromatic rings. The van der Waals surface area contributed by atoms with E-state index in [1.54, 1.807) is 6.92 Å². The van der Waals surface area contributed by atoms with Crippen molar-refractivity contribution in [2.75, 3.05) is 6.61 Å². The molecule has 10 atom stereocenters. The molecule has 11 nitrogen and oxygen atoms in total. The van der Waals surface area contributed by atoms with Gasteiger partial charge in [0.05, 0.1) is 24.9 Å². The van der Waals surface area contributed by atoms with Crippen molar-refractivity contribution in [1.82, 2.24) is 0 Å². The van der Waals surface area contributed by atoms with Gasteiger partial charge in [0, 0.05) is 13.3 Å². The Hall–Kier alpha value is -1.31. The molecule has 0 aromatic heterocycles. The molecule has 0 bridgehead atoms. The molecule has 29 heavy (non-hydrogen) atoms. The van der Waals surface area contributed by atoms with Crippen LogP contribution >= 0.6 is 0 Å². The number of aliphatic hydroxyl groups excluding tert-OH is 5. The largest absolute Gasteiger partial charge is 0.472 e. The summed E-state index contributed by atoms with van der Waals surface area (Å²) >= 11 is 0. The predicted molar refractivity (Wildman–Crippen MR) is 92.7 cm³/mol. The fourth-order valence-electron chi connectivity index (χ4n) is 4.54. The monoisotopic (exact) mass is 420 g/mol. The lowest BCUT2D eigenvalue weighted by Gasteiger charge is -2.47. The molecule has 0 amide bonds. The highest BCUT2D eigenvalue weighted by molar-refractivity contribution is 5.66. The number of aliphatic hydroxyl groups is 6. The maximum absolute atomic E-state index is 11.6. The van der Waals surface area contributed by atoms with Gasteiger partial charge in [0.15, 0.2) is 6.29 Å². The van der Waals surface area contributed by atoms with Gasteiger partial charge in [-0.2, -0.15) is 0 Å². The quantitative estimate of drug-likeness (QED) is 0.265. The topological polar surface area (TPSA) is 175 Å². The standard InChI is InChI=1S/C18H28O11/c1-7-6-26-16(28-15-13(24)12(23)11(22)9(5-19)27-15)14-17(3,29-8(2)20)4-10(21)18(7,14)25/h6,9-16,19,21-25H,4-5H2,1-3H3/t9-,10+,11-,12+,13-,14-,15+,16-,17-,18-/m1/s1. The minimum absolute atomic E-state index is 0.100. The molecule has 3 aliphatic rings. The molecule has 1 saturated heterocycles. The number of carbonyl (C=O) groups excluding carboxylic acids is 1. The van der Waals surface area contributed by atoms with E-state index in [0.29, 0.717) is 5.57 Å². The summed E-state index contributed by atoms with van der Waals surface area (Å²) in [6.07, 6.45) is -9.23. The van der Waals surface area contributed by atoms with Crippen molar-refractivity contribution in [2.24, 2.45) is 5.92 Å². The maximum atomic E-state index is 11.6. The summed E-state index contributed by atoms with van der Waals surface area (Å²) in [6, 6.07) is 0. The third-order valence-corrected chi connectivity index (χ3v) is 6.02. The van der Waals surface area contributed by atoms with Crippen LogP contribution in [0.5, 0.6) is 0 Å². The van der Waals surface area contributed by atoms with Gasteiger partial charge < -0.3 is 49.6 Å². The van der Waals surface area contributed by atoms with E-state index < -0.39 is 72.8 Å². The zero-order valence-corrected chi connectivity index (χ0v) is 16.3. The molecule has 6 N–H and O–H groups in total. The van der Waals surface area contributed by atoms with E-state index >= 15 is 0 Å². The maximum Gasteiger partial charge on any atom is 0.303 e.